The monoisotopic (exact) mass is 225 g/mol. The lowest BCUT2D eigenvalue weighted by Gasteiger charge is -2.08. The summed E-state index contributed by atoms with van der Waals surface area (Å²) in [5, 5.41) is 0. The third kappa shape index (κ3) is 1.80. The van der Waals surface area contributed by atoms with Crippen LogP contribution in [-0.4, -0.2) is 17.7 Å². The molecule has 1 aliphatic heterocycles. The summed E-state index contributed by atoms with van der Waals surface area (Å²) in [5.41, 5.74) is 1.22. The summed E-state index contributed by atoms with van der Waals surface area (Å²) in [6, 6.07) is 1.84. The largest absolute Gasteiger partial charge is 0.297 e. The van der Waals surface area contributed by atoms with Crippen LogP contribution in [0.3, 0.4) is 0 Å². The van der Waals surface area contributed by atoms with Crippen LogP contribution in [0.4, 0.5) is 0 Å². The van der Waals surface area contributed by atoms with Crippen molar-refractivity contribution < 1.29 is 9.59 Å². The topological polar surface area (TPSA) is 46.5 Å². The van der Waals surface area contributed by atoms with Crippen molar-refractivity contribution in [1.29, 1.82) is 0 Å². The van der Waals surface area contributed by atoms with E-state index in [2.05, 4.69) is 4.99 Å². The third-order valence-corrected chi connectivity index (χ3v) is 4.22. The number of aryl methyl sites for hydroxylation is 1. The number of carbonyl (C=O) groups is 1. The highest BCUT2D eigenvalue weighted by Gasteiger charge is 2.16. The lowest BCUT2D eigenvalue weighted by Crippen LogP contribution is -1.96. The molecule has 0 radical (unpaired) electrons. The highest BCUT2D eigenvalue weighted by molar-refractivity contribution is 7.98. The summed E-state index contributed by atoms with van der Waals surface area (Å²) in [5.74, 6) is 1.60. The molecule has 1 aliphatic rings. The molecule has 1 aromatic rings. The van der Waals surface area contributed by atoms with Crippen LogP contribution < -0.4 is 0 Å². The van der Waals surface area contributed by atoms with E-state index in [0.717, 1.165) is 17.9 Å². The summed E-state index contributed by atoms with van der Waals surface area (Å²) >= 11 is 3.31. The third-order valence-electron chi connectivity index (χ3n) is 1.99. The average molecular weight is 225 g/mol. The van der Waals surface area contributed by atoms with Crippen molar-refractivity contribution in [3.63, 3.8) is 0 Å². The van der Waals surface area contributed by atoms with Crippen LogP contribution in [0.2, 0.25) is 0 Å². The minimum absolute atomic E-state index is 0.468. The second-order valence-electron chi connectivity index (χ2n) is 2.87. The quantitative estimate of drug-likeness (QED) is 0.542. The number of amides is 1. The van der Waals surface area contributed by atoms with Gasteiger partial charge in [0.2, 0.25) is 6.08 Å². The van der Waals surface area contributed by atoms with E-state index in [1.165, 1.54) is 27.9 Å². The number of nitrogens with zero attached hydrogens (tertiary/aromatic N) is 1. The lowest BCUT2D eigenvalue weighted by atomic mass is 10.2. The Balaban J connectivity index is 2.32. The van der Waals surface area contributed by atoms with E-state index in [1.54, 1.807) is 0 Å². The zero-order valence-electron chi connectivity index (χ0n) is 7.28. The summed E-state index contributed by atoms with van der Waals surface area (Å²) < 4.78 is 0. The highest BCUT2D eigenvalue weighted by Crippen LogP contribution is 2.31. The van der Waals surface area contributed by atoms with E-state index in [9.17, 15) is 9.59 Å². The van der Waals surface area contributed by atoms with Crippen LogP contribution in [0.25, 0.3) is 0 Å². The van der Waals surface area contributed by atoms with Gasteiger partial charge in [-0.15, -0.1) is 16.3 Å². The standard InChI is InChI=1S/C9H7NO2S2/c11-5-10-9(12)8-3-6-4-13-2-1-7(6)14-8/h3H,1-2,4H2. The molecule has 0 fully saturated rings. The Hall–Kier alpha value is -0.900. The minimum Gasteiger partial charge on any atom is -0.265 e. The molecule has 0 N–H and O–H groups in total. The fourth-order valence-electron chi connectivity index (χ4n) is 1.35. The molecule has 2 heterocycles. The predicted octanol–water partition coefficient (Wildman–Crippen LogP) is 2.01. The van der Waals surface area contributed by atoms with Crippen LogP contribution in [0.15, 0.2) is 11.1 Å². The van der Waals surface area contributed by atoms with Crippen molar-refractivity contribution in [2.24, 2.45) is 4.99 Å². The van der Waals surface area contributed by atoms with E-state index in [1.807, 2.05) is 17.8 Å². The number of hydrogen-bond acceptors (Lipinski definition) is 4. The SMILES string of the molecule is O=C=NC(=O)c1cc2c(s1)CCSC2. The van der Waals surface area contributed by atoms with E-state index in [0.29, 0.717) is 4.88 Å². The molecule has 3 nitrogen and oxygen atoms in total. The molecule has 0 atom stereocenters. The molecule has 0 saturated carbocycles. The summed E-state index contributed by atoms with van der Waals surface area (Å²) in [6.45, 7) is 0. The smallest absolute Gasteiger partial charge is 0.265 e. The summed E-state index contributed by atoms with van der Waals surface area (Å²) in [7, 11) is 0. The first kappa shape index (κ1) is 9.65. The fourth-order valence-corrected chi connectivity index (χ4v) is 3.61. The van der Waals surface area contributed by atoms with E-state index in [4.69, 9.17) is 0 Å². The fraction of sp³-hybridized carbons (Fsp3) is 0.333. The van der Waals surface area contributed by atoms with E-state index < -0.39 is 5.91 Å². The molecule has 0 aromatic carbocycles. The molecule has 1 aromatic heterocycles. The lowest BCUT2D eigenvalue weighted by molar-refractivity contribution is 0.101. The van der Waals surface area contributed by atoms with Crippen molar-refractivity contribution >= 4 is 35.1 Å². The van der Waals surface area contributed by atoms with Gasteiger partial charge in [-0.2, -0.15) is 11.8 Å². The van der Waals surface area contributed by atoms with Gasteiger partial charge in [0, 0.05) is 10.6 Å². The molecule has 5 heteroatoms. The van der Waals surface area contributed by atoms with Crippen molar-refractivity contribution in [3.05, 3.63) is 21.4 Å². The van der Waals surface area contributed by atoms with Crippen LogP contribution in [0.1, 0.15) is 20.1 Å². The Kier molecular flexibility index (Phi) is 2.82. The second-order valence-corrected chi connectivity index (χ2v) is 5.11. The Morgan fingerprint density at radius 3 is 3.14 bits per heavy atom. The van der Waals surface area contributed by atoms with E-state index in [-0.39, 0.29) is 0 Å². The number of hydrogen-bond donors (Lipinski definition) is 0. The van der Waals surface area contributed by atoms with Gasteiger partial charge in [0.15, 0.2) is 0 Å². The number of isocyanates is 1. The number of thiophene rings is 1. The van der Waals surface area contributed by atoms with Crippen LogP contribution in [0.5, 0.6) is 0 Å². The molecule has 0 aliphatic carbocycles. The number of carbonyl (C=O) groups excluding carboxylic acids is 2. The second kappa shape index (κ2) is 4.09. The maximum atomic E-state index is 11.2. The van der Waals surface area contributed by atoms with Crippen molar-refractivity contribution in [3.8, 4) is 0 Å². The first-order valence-electron chi connectivity index (χ1n) is 4.13. The number of fused-ring (bicyclic) bond motifs is 1. The van der Waals surface area contributed by atoms with Gasteiger partial charge >= 0.3 is 0 Å². The Labute approximate surface area is 89.2 Å². The maximum absolute atomic E-state index is 11.2. The molecular formula is C9H7NO2S2. The minimum atomic E-state index is -0.468. The molecule has 1 amide bonds. The Bertz CT molecular complexity index is 395. The van der Waals surface area contributed by atoms with Gasteiger partial charge in [0.05, 0.1) is 4.88 Å². The van der Waals surface area contributed by atoms with Gasteiger partial charge in [-0.25, -0.2) is 4.79 Å². The van der Waals surface area contributed by atoms with Gasteiger partial charge in [-0.1, -0.05) is 0 Å². The Morgan fingerprint density at radius 1 is 1.57 bits per heavy atom. The zero-order valence-corrected chi connectivity index (χ0v) is 8.91. The first-order chi connectivity index (χ1) is 6.81. The number of thioether (sulfide) groups is 1. The van der Waals surface area contributed by atoms with Gasteiger partial charge in [-0.3, -0.25) is 4.79 Å². The van der Waals surface area contributed by atoms with E-state index >= 15 is 0 Å². The maximum Gasteiger partial charge on any atom is 0.297 e. The zero-order chi connectivity index (χ0) is 9.97. The molecule has 2 rings (SSSR count). The normalized spacial score (nSPS) is 14.3. The summed E-state index contributed by atoms with van der Waals surface area (Å²) in [6.07, 6.45) is 2.29. The highest BCUT2D eigenvalue weighted by atomic mass is 32.2. The first-order valence-corrected chi connectivity index (χ1v) is 6.10. The molecule has 0 bridgehead atoms. The molecule has 0 saturated heterocycles. The molecular weight excluding hydrogens is 218 g/mol. The summed E-state index contributed by atoms with van der Waals surface area (Å²) in [4.78, 5) is 26.1. The molecule has 14 heavy (non-hydrogen) atoms. The van der Waals surface area contributed by atoms with Gasteiger partial charge in [-0.05, 0) is 23.8 Å². The van der Waals surface area contributed by atoms with Crippen molar-refractivity contribution in [1.82, 2.24) is 0 Å². The van der Waals surface area contributed by atoms with Gasteiger partial charge < -0.3 is 0 Å². The molecule has 0 unspecified atom stereocenters. The van der Waals surface area contributed by atoms with Crippen molar-refractivity contribution in [2.45, 2.75) is 12.2 Å². The van der Waals surface area contributed by atoms with Gasteiger partial charge in [0.1, 0.15) is 0 Å². The van der Waals surface area contributed by atoms with Crippen LogP contribution in [0, 0.1) is 0 Å². The van der Waals surface area contributed by atoms with Gasteiger partial charge in [0.25, 0.3) is 5.91 Å². The number of rotatable bonds is 1. The van der Waals surface area contributed by atoms with Crippen molar-refractivity contribution in [2.75, 3.05) is 5.75 Å². The Morgan fingerprint density at radius 2 is 2.43 bits per heavy atom. The predicted molar refractivity (Wildman–Crippen MR) is 56.6 cm³/mol. The molecule has 0 spiro atoms. The number of aliphatic imine (C=N–C) groups is 1. The van der Waals surface area contributed by atoms with Crippen LogP contribution in [-0.2, 0) is 17.0 Å². The average Bonchev–Trinajstić information content (AvgIpc) is 2.61. The molecule has 72 valence electrons. The van der Waals surface area contributed by atoms with Crippen LogP contribution >= 0.6 is 23.1 Å².